The van der Waals surface area contributed by atoms with Crippen molar-refractivity contribution in [3.63, 3.8) is 0 Å². The van der Waals surface area contributed by atoms with E-state index in [0.29, 0.717) is 41.5 Å². The Kier molecular flexibility index (Phi) is 9.38. The van der Waals surface area contributed by atoms with Crippen LogP contribution in [-0.2, 0) is 16.0 Å². The summed E-state index contributed by atoms with van der Waals surface area (Å²) in [6.07, 6.45) is 1.45. The molecular weight excluding hydrogens is 562 g/mol. The Balaban J connectivity index is 1.83. The standard InChI is InChI=1S/C29H28BrN5O4/c1-2-16-32-28(37)29(19-21-8-3-6-11-25(21)34-35-31)26(23-9-4-5-10-24(23)30)39-27(33-29)20-12-14-22(15-13-20)38-18-7-17-36/h2-6,8-15,26,36H,1,7,16-19H2,(H,32,37)/t26-,29-/m1/s1. The molecular formula is C29H28BrN5O4. The number of nitrogens with zero attached hydrogens (tertiary/aromatic N) is 4. The van der Waals surface area contributed by atoms with Gasteiger partial charge in [-0.1, -0.05) is 69.6 Å². The lowest BCUT2D eigenvalue weighted by molar-refractivity contribution is -0.128. The zero-order chi connectivity index (χ0) is 27.7. The highest BCUT2D eigenvalue weighted by Crippen LogP contribution is 2.45. The number of aliphatic hydroxyl groups excluding tert-OH is 1. The van der Waals surface area contributed by atoms with Crippen LogP contribution in [0.15, 0.2) is 100 Å². The molecule has 0 aliphatic carbocycles. The van der Waals surface area contributed by atoms with Crippen LogP contribution in [0.1, 0.15) is 29.2 Å². The minimum Gasteiger partial charge on any atom is -0.494 e. The number of carbonyl (C=O) groups is 1. The van der Waals surface area contributed by atoms with Gasteiger partial charge in [0.2, 0.25) is 5.90 Å². The lowest BCUT2D eigenvalue weighted by Gasteiger charge is -2.31. The molecule has 3 aromatic carbocycles. The Hall–Kier alpha value is -4.11. The van der Waals surface area contributed by atoms with Crippen molar-refractivity contribution >= 4 is 33.4 Å². The molecule has 0 unspecified atom stereocenters. The Morgan fingerprint density at radius 2 is 1.95 bits per heavy atom. The van der Waals surface area contributed by atoms with Crippen LogP contribution in [0.2, 0.25) is 0 Å². The minimum atomic E-state index is -1.43. The van der Waals surface area contributed by atoms with E-state index in [1.807, 2.05) is 48.5 Å². The smallest absolute Gasteiger partial charge is 0.252 e. The van der Waals surface area contributed by atoms with E-state index >= 15 is 0 Å². The second-order valence-electron chi connectivity index (χ2n) is 8.80. The molecule has 1 aliphatic heterocycles. The maximum absolute atomic E-state index is 14.0. The third-order valence-corrected chi connectivity index (χ3v) is 6.95. The van der Waals surface area contributed by atoms with Crippen LogP contribution in [0.5, 0.6) is 5.75 Å². The molecule has 9 nitrogen and oxygen atoms in total. The molecule has 4 rings (SSSR count). The number of amides is 1. The van der Waals surface area contributed by atoms with E-state index in [-0.39, 0.29) is 25.5 Å². The van der Waals surface area contributed by atoms with E-state index in [1.165, 1.54) is 0 Å². The summed E-state index contributed by atoms with van der Waals surface area (Å²) < 4.78 is 12.9. The summed E-state index contributed by atoms with van der Waals surface area (Å²) in [5.74, 6) is 0.594. The maximum atomic E-state index is 14.0. The number of halogens is 1. The zero-order valence-electron chi connectivity index (χ0n) is 21.2. The van der Waals surface area contributed by atoms with Crippen molar-refractivity contribution in [2.75, 3.05) is 19.8 Å². The van der Waals surface area contributed by atoms with Crippen LogP contribution in [-0.4, -0.2) is 42.2 Å². The lowest BCUT2D eigenvalue weighted by atomic mass is 9.81. The summed E-state index contributed by atoms with van der Waals surface area (Å²) >= 11 is 3.62. The van der Waals surface area contributed by atoms with Gasteiger partial charge in [-0.15, -0.1) is 6.58 Å². The fraction of sp³-hybridized carbons (Fsp3) is 0.241. The van der Waals surface area contributed by atoms with Crippen LogP contribution in [0.3, 0.4) is 0 Å². The van der Waals surface area contributed by atoms with E-state index in [1.54, 1.807) is 30.3 Å². The van der Waals surface area contributed by atoms with Crippen LogP contribution < -0.4 is 10.1 Å². The molecule has 10 heteroatoms. The Morgan fingerprint density at radius 3 is 2.67 bits per heavy atom. The molecule has 39 heavy (non-hydrogen) atoms. The number of aliphatic imine (C=N–C) groups is 1. The molecule has 0 saturated heterocycles. The molecule has 2 N–H and O–H groups in total. The predicted octanol–water partition coefficient (Wildman–Crippen LogP) is 5.95. The van der Waals surface area contributed by atoms with Gasteiger partial charge < -0.3 is 19.9 Å². The number of rotatable bonds is 12. The van der Waals surface area contributed by atoms with Crippen molar-refractivity contribution in [2.45, 2.75) is 24.5 Å². The van der Waals surface area contributed by atoms with Crippen molar-refractivity contribution < 1.29 is 19.4 Å². The summed E-state index contributed by atoms with van der Waals surface area (Å²) in [7, 11) is 0. The highest BCUT2D eigenvalue weighted by molar-refractivity contribution is 9.10. The van der Waals surface area contributed by atoms with Gasteiger partial charge in [0.25, 0.3) is 5.91 Å². The van der Waals surface area contributed by atoms with Gasteiger partial charge in [-0.25, -0.2) is 4.99 Å². The molecule has 0 radical (unpaired) electrons. The highest BCUT2D eigenvalue weighted by Gasteiger charge is 2.53. The van der Waals surface area contributed by atoms with Gasteiger partial charge in [0.15, 0.2) is 11.6 Å². The Morgan fingerprint density at radius 1 is 1.21 bits per heavy atom. The topological polar surface area (TPSA) is 129 Å². The average molecular weight is 590 g/mol. The molecule has 200 valence electrons. The minimum absolute atomic E-state index is 0.0535. The summed E-state index contributed by atoms with van der Waals surface area (Å²) in [6.45, 7) is 4.42. The fourth-order valence-corrected chi connectivity index (χ4v) is 4.85. The first kappa shape index (κ1) is 27.9. The second-order valence-corrected chi connectivity index (χ2v) is 9.66. The van der Waals surface area contributed by atoms with Gasteiger partial charge in [0.1, 0.15) is 5.75 Å². The lowest BCUT2D eigenvalue weighted by Crippen LogP contribution is -2.50. The normalized spacial score (nSPS) is 17.9. The van der Waals surface area contributed by atoms with Crippen LogP contribution in [0.25, 0.3) is 10.4 Å². The first-order chi connectivity index (χ1) is 19.0. The molecule has 1 amide bonds. The van der Waals surface area contributed by atoms with Crippen molar-refractivity contribution in [3.8, 4) is 5.75 Å². The third kappa shape index (κ3) is 6.31. The van der Waals surface area contributed by atoms with E-state index in [4.69, 9.17) is 25.1 Å². The summed E-state index contributed by atoms with van der Waals surface area (Å²) in [5, 5.41) is 15.7. The van der Waals surface area contributed by atoms with Crippen LogP contribution >= 0.6 is 15.9 Å². The van der Waals surface area contributed by atoms with E-state index in [0.717, 1.165) is 10.0 Å². The number of benzene rings is 3. The van der Waals surface area contributed by atoms with Crippen LogP contribution in [0, 0.1) is 0 Å². The third-order valence-electron chi connectivity index (χ3n) is 6.23. The molecule has 3 aromatic rings. The molecule has 0 saturated carbocycles. The number of azide groups is 1. The highest BCUT2D eigenvalue weighted by atomic mass is 79.9. The van der Waals surface area contributed by atoms with Gasteiger partial charge in [-0.2, -0.15) is 0 Å². The van der Waals surface area contributed by atoms with E-state index < -0.39 is 11.6 Å². The summed E-state index contributed by atoms with van der Waals surface area (Å²) in [4.78, 5) is 21.9. The van der Waals surface area contributed by atoms with Crippen LogP contribution in [0.4, 0.5) is 5.69 Å². The monoisotopic (exact) mass is 589 g/mol. The first-order valence-electron chi connectivity index (χ1n) is 12.4. The quantitative estimate of drug-likeness (QED) is 0.0888. The van der Waals surface area contributed by atoms with Crippen molar-refractivity contribution in [1.29, 1.82) is 0 Å². The molecule has 0 fully saturated rings. The summed E-state index contributed by atoms with van der Waals surface area (Å²) in [5.41, 5.74) is 10.2. The van der Waals surface area contributed by atoms with Crippen molar-refractivity contribution in [1.82, 2.24) is 5.32 Å². The number of carbonyl (C=O) groups excluding carboxylic acids is 1. The van der Waals surface area contributed by atoms with Gasteiger partial charge in [-0.3, -0.25) is 4.79 Å². The number of ether oxygens (including phenoxy) is 2. The Bertz CT molecular complexity index is 1400. The SMILES string of the molecule is C=CCNC(=O)[C@]1(Cc2ccccc2N=[N+]=[N-])N=C(c2ccc(OCCCO)cc2)O[C@@H]1c1ccccc1Br. The molecule has 1 heterocycles. The van der Waals surface area contributed by atoms with Gasteiger partial charge >= 0.3 is 0 Å². The molecule has 1 aliphatic rings. The van der Waals surface area contributed by atoms with E-state index in [2.05, 4.69) is 37.9 Å². The van der Waals surface area contributed by atoms with Gasteiger partial charge in [0.05, 0.1) is 6.61 Å². The number of hydrogen-bond donors (Lipinski definition) is 2. The summed E-state index contributed by atoms with van der Waals surface area (Å²) in [6, 6.07) is 21.9. The second kappa shape index (κ2) is 13.1. The first-order valence-corrected chi connectivity index (χ1v) is 13.2. The largest absolute Gasteiger partial charge is 0.494 e. The Labute approximate surface area is 234 Å². The maximum Gasteiger partial charge on any atom is 0.252 e. The van der Waals surface area contributed by atoms with Crippen molar-refractivity contribution in [2.24, 2.45) is 10.1 Å². The van der Waals surface area contributed by atoms with Gasteiger partial charge in [-0.05, 0) is 41.4 Å². The number of nitrogens with one attached hydrogen (secondary N) is 1. The molecule has 2 atom stereocenters. The predicted molar refractivity (Wildman–Crippen MR) is 153 cm³/mol. The molecule has 0 spiro atoms. The number of aliphatic hydroxyl groups is 1. The zero-order valence-corrected chi connectivity index (χ0v) is 22.8. The fourth-order valence-electron chi connectivity index (χ4n) is 4.36. The molecule has 0 aromatic heterocycles. The van der Waals surface area contributed by atoms with E-state index in [9.17, 15) is 4.79 Å². The number of hydrogen-bond acceptors (Lipinski definition) is 6. The molecule has 0 bridgehead atoms. The van der Waals surface area contributed by atoms with Gasteiger partial charge in [0, 0.05) is 52.2 Å². The van der Waals surface area contributed by atoms with Crippen molar-refractivity contribution in [3.05, 3.63) is 117 Å². The average Bonchev–Trinajstić information content (AvgIpc) is 3.34.